The molecule has 2 heterocycles. The number of hydrogen-bond acceptors (Lipinski definition) is 7. The standard InChI is InChI=1S/C41H35Cl2N3O6/c1-21-17-23(18-22(2)36(21)47)35-28-14-15-29-34(39(50)45(37(29)48)26-7-5-4-6-8-26)30(28)20-31-38(49)46(44-33-16-11-25(42)19-32(33)43)40(51)41(31,35)24-9-12-27(52-3)13-10-24/h4-14,16-19,29-31,34-35,44,47H,15,20H2,1-3H3/t29-,30+,31-,34-,35-,41+/m0/s1. The Hall–Kier alpha value is -5.12. The molecule has 0 radical (unpaired) electrons. The van der Waals surface area contributed by atoms with Crippen LogP contribution in [0.2, 0.25) is 10.0 Å². The second-order valence-electron chi connectivity index (χ2n) is 14.1. The third-order valence-electron chi connectivity index (χ3n) is 11.4. The summed E-state index contributed by atoms with van der Waals surface area (Å²) in [7, 11) is 1.56. The van der Waals surface area contributed by atoms with Crippen molar-refractivity contribution < 1.29 is 29.0 Å². The number of carbonyl (C=O) groups excluding carboxylic acids is 4. The highest BCUT2D eigenvalue weighted by Crippen LogP contribution is 2.64. The molecule has 52 heavy (non-hydrogen) atoms. The lowest BCUT2D eigenvalue weighted by molar-refractivity contribution is -0.138. The van der Waals surface area contributed by atoms with Gasteiger partial charge in [-0.25, -0.2) is 0 Å². The van der Waals surface area contributed by atoms with Crippen molar-refractivity contribution in [2.45, 2.75) is 38.0 Å². The third-order valence-corrected chi connectivity index (χ3v) is 12.0. The van der Waals surface area contributed by atoms with Crippen LogP contribution < -0.4 is 15.1 Å². The Balaban J connectivity index is 1.35. The molecule has 1 saturated carbocycles. The van der Waals surface area contributed by atoms with Crippen LogP contribution in [0.25, 0.3) is 0 Å². The molecular formula is C41H35Cl2N3O6. The van der Waals surface area contributed by atoms with E-state index in [0.29, 0.717) is 50.8 Å². The number of fused-ring (bicyclic) bond motifs is 4. The van der Waals surface area contributed by atoms with Gasteiger partial charge in [-0.15, -0.1) is 0 Å². The van der Waals surface area contributed by atoms with Gasteiger partial charge in [0.05, 0.1) is 46.7 Å². The number of hydrogen-bond donors (Lipinski definition) is 2. The zero-order valence-corrected chi connectivity index (χ0v) is 30.1. The first-order valence-corrected chi connectivity index (χ1v) is 17.9. The number of benzene rings is 4. The van der Waals surface area contributed by atoms with E-state index in [0.717, 1.165) is 10.6 Å². The minimum absolute atomic E-state index is 0.133. The Morgan fingerprint density at radius 2 is 1.54 bits per heavy atom. The predicted octanol–water partition coefficient (Wildman–Crippen LogP) is 7.51. The van der Waals surface area contributed by atoms with Gasteiger partial charge < -0.3 is 9.84 Å². The fourth-order valence-electron chi connectivity index (χ4n) is 9.21. The van der Waals surface area contributed by atoms with Crippen molar-refractivity contribution in [3.63, 3.8) is 0 Å². The first-order valence-electron chi connectivity index (χ1n) is 17.1. The molecule has 2 aliphatic heterocycles. The second-order valence-corrected chi connectivity index (χ2v) is 14.9. The highest BCUT2D eigenvalue weighted by atomic mass is 35.5. The number of imide groups is 2. The molecule has 11 heteroatoms. The number of carbonyl (C=O) groups is 4. The van der Waals surface area contributed by atoms with Crippen LogP contribution in [-0.4, -0.2) is 40.9 Å². The predicted molar refractivity (Wildman–Crippen MR) is 197 cm³/mol. The Bertz CT molecular complexity index is 2180. The maximum atomic E-state index is 15.4. The summed E-state index contributed by atoms with van der Waals surface area (Å²) in [6.45, 7) is 3.59. The zero-order chi connectivity index (χ0) is 36.6. The SMILES string of the molecule is COc1ccc([C@@]23C(=O)N(Nc4ccc(Cl)cc4Cl)C(=O)[C@@H]2C[C@@H]2C(=CC[C@@H]4C(=O)N(c5ccccc5)C(=O)[C@@H]42)[C@@H]3c2cc(C)c(O)c(C)c2)cc1. The number of phenols is 1. The van der Waals surface area contributed by atoms with Gasteiger partial charge in [0, 0.05) is 10.9 Å². The number of nitrogens with one attached hydrogen (secondary N) is 1. The number of aromatic hydroxyl groups is 1. The lowest BCUT2D eigenvalue weighted by Crippen LogP contribution is -2.53. The van der Waals surface area contributed by atoms with E-state index in [9.17, 15) is 19.5 Å². The summed E-state index contributed by atoms with van der Waals surface area (Å²) in [6, 6.07) is 24.5. The van der Waals surface area contributed by atoms with Crippen LogP contribution in [0.1, 0.15) is 41.0 Å². The second kappa shape index (κ2) is 12.5. The zero-order valence-electron chi connectivity index (χ0n) is 28.6. The summed E-state index contributed by atoms with van der Waals surface area (Å²) in [5.41, 5.74) is 5.68. The summed E-state index contributed by atoms with van der Waals surface area (Å²) < 4.78 is 5.48. The molecule has 2 N–H and O–H groups in total. The maximum absolute atomic E-state index is 15.4. The number of methoxy groups -OCH3 is 1. The molecule has 4 aromatic carbocycles. The largest absolute Gasteiger partial charge is 0.507 e. The van der Waals surface area contributed by atoms with E-state index in [1.165, 1.54) is 11.0 Å². The van der Waals surface area contributed by atoms with Crippen LogP contribution in [0.5, 0.6) is 11.5 Å². The van der Waals surface area contributed by atoms with Crippen LogP contribution in [0.4, 0.5) is 11.4 Å². The van der Waals surface area contributed by atoms with Gasteiger partial charge in [0.15, 0.2) is 0 Å². The smallest absolute Gasteiger partial charge is 0.260 e. The number of allylic oxidation sites excluding steroid dienone is 2. The molecule has 2 aliphatic carbocycles. The number of halogens is 2. The molecule has 6 atom stereocenters. The molecule has 8 rings (SSSR count). The number of ether oxygens (including phenoxy) is 1. The first-order chi connectivity index (χ1) is 25.0. The number of rotatable bonds is 6. The van der Waals surface area contributed by atoms with Gasteiger partial charge in [-0.1, -0.05) is 77.3 Å². The first kappa shape index (κ1) is 34.0. The van der Waals surface area contributed by atoms with E-state index in [-0.39, 0.29) is 29.0 Å². The van der Waals surface area contributed by atoms with Gasteiger partial charge in [-0.3, -0.25) is 29.5 Å². The Labute approximate surface area is 310 Å². The summed E-state index contributed by atoms with van der Waals surface area (Å²) in [4.78, 5) is 60.1. The van der Waals surface area contributed by atoms with Gasteiger partial charge >= 0.3 is 0 Å². The molecule has 0 aromatic heterocycles. The van der Waals surface area contributed by atoms with E-state index in [1.807, 2.05) is 36.4 Å². The van der Waals surface area contributed by atoms with E-state index in [2.05, 4.69) is 5.43 Å². The van der Waals surface area contributed by atoms with Crippen LogP contribution in [0.3, 0.4) is 0 Å². The minimum Gasteiger partial charge on any atom is -0.507 e. The van der Waals surface area contributed by atoms with Gasteiger partial charge in [-0.05, 0) is 97.3 Å². The van der Waals surface area contributed by atoms with Crippen molar-refractivity contribution in [3.05, 3.63) is 129 Å². The number of amides is 4. The average molecular weight is 737 g/mol. The van der Waals surface area contributed by atoms with E-state index in [1.54, 1.807) is 69.5 Å². The van der Waals surface area contributed by atoms with Crippen molar-refractivity contribution in [1.82, 2.24) is 5.01 Å². The fraction of sp³-hybridized carbons (Fsp3) is 0.268. The molecule has 3 fully saturated rings. The summed E-state index contributed by atoms with van der Waals surface area (Å²) in [6.07, 6.45) is 2.45. The van der Waals surface area contributed by atoms with Crippen molar-refractivity contribution in [1.29, 1.82) is 0 Å². The minimum atomic E-state index is -1.49. The van der Waals surface area contributed by atoms with Crippen LogP contribution in [0.15, 0.2) is 96.6 Å². The molecule has 4 aliphatic rings. The van der Waals surface area contributed by atoms with E-state index < -0.39 is 46.8 Å². The molecule has 9 nitrogen and oxygen atoms in total. The molecule has 2 saturated heterocycles. The normalized spacial score (nSPS) is 26.6. The van der Waals surface area contributed by atoms with Crippen molar-refractivity contribution >= 4 is 58.2 Å². The third kappa shape index (κ3) is 4.89. The summed E-state index contributed by atoms with van der Waals surface area (Å²) in [5.74, 6) is -4.45. The lowest BCUT2D eigenvalue weighted by atomic mass is 9.49. The van der Waals surface area contributed by atoms with Crippen LogP contribution in [0, 0.1) is 37.5 Å². The molecule has 0 bridgehead atoms. The highest BCUT2D eigenvalue weighted by Gasteiger charge is 2.70. The quantitative estimate of drug-likeness (QED) is 0.156. The number of aryl methyl sites for hydroxylation is 2. The van der Waals surface area contributed by atoms with E-state index in [4.69, 9.17) is 27.9 Å². The van der Waals surface area contributed by atoms with Gasteiger partial charge in [0.1, 0.15) is 11.5 Å². The van der Waals surface area contributed by atoms with Gasteiger partial charge in [0.25, 0.3) is 11.8 Å². The topological polar surface area (TPSA) is 116 Å². The Morgan fingerprint density at radius 3 is 2.19 bits per heavy atom. The van der Waals surface area contributed by atoms with Crippen LogP contribution >= 0.6 is 23.2 Å². The van der Waals surface area contributed by atoms with Crippen LogP contribution in [-0.2, 0) is 24.6 Å². The highest BCUT2D eigenvalue weighted by molar-refractivity contribution is 6.36. The molecule has 4 aromatic rings. The lowest BCUT2D eigenvalue weighted by Gasteiger charge is -2.50. The molecule has 4 amide bonds. The maximum Gasteiger partial charge on any atom is 0.260 e. The molecule has 264 valence electrons. The summed E-state index contributed by atoms with van der Waals surface area (Å²) in [5, 5.41) is 12.5. The van der Waals surface area contributed by atoms with Crippen molar-refractivity contribution in [3.8, 4) is 11.5 Å². The number of phenolic OH excluding ortho intramolecular Hbond substituents is 1. The number of para-hydroxylation sites is 1. The average Bonchev–Trinajstić information content (AvgIpc) is 3.52. The van der Waals surface area contributed by atoms with Gasteiger partial charge in [-0.2, -0.15) is 5.01 Å². The van der Waals surface area contributed by atoms with Gasteiger partial charge in [0.2, 0.25) is 11.8 Å². The molecule has 0 unspecified atom stereocenters. The Kier molecular flexibility index (Phi) is 8.19. The number of anilines is 2. The fourth-order valence-corrected chi connectivity index (χ4v) is 9.66. The Morgan fingerprint density at radius 1 is 0.846 bits per heavy atom. The van der Waals surface area contributed by atoms with E-state index >= 15 is 4.79 Å². The molecule has 0 spiro atoms. The monoisotopic (exact) mass is 735 g/mol. The number of hydrazine groups is 1. The number of nitrogens with zero attached hydrogens (tertiary/aromatic N) is 2. The molecular weight excluding hydrogens is 701 g/mol. The van der Waals surface area contributed by atoms with Crippen molar-refractivity contribution in [2.24, 2.45) is 23.7 Å². The summed E-state index contributed by atoms with van der Waals surface area (Å²) >= 11 is 12.7. The van der Waals surface area contributed by atoms with Crippen molar-refractivity contribution in [2.75, 3.05) is 17.4 Å².